The molecular formula is C22H22N2O6. The van der Waals surface area contributed by atoms with Gasteiger partial charge in [-0.1, -0.05) is 0 Å². The Morgan fingerprint density at radius 1 is 1.07 bits per heavy atom. The minimum atomic E-state index is -0.575. The van der Waals surface area contributed by atoms with Crippen molar-refractivity contribution in [2.24, 2.45) is 0 Å². The number of esters is 1. The molecule has 1 N–H and O–H groups in total. The average Bonchev–Trinajstić information content (AvgIpc) is 2.75. The molecule has 3 rings (SSSR count). The zero-order valence-electron chi connectivity index (χ0n) is 16.9. The van der Waals surface area contributed by atoms with Crippen LogP contribution in [0.1, 0.15) is 40.5 Å². The molecule has 1 heterocycles. The number of ketones is 1. The molecule has 0 aliphatic carbocycles. The molecule has 0 radical (unpaired) electrons. The first-order valence-corrected chi connectivity index (χ1v) is 9.40. The van der Waals surface area contributed by atoms with Gasteiger partial charge in [-0.15, -0.1) is 0 Å². The number of ether oxygens (including phenoxy) is 2. The van der Waals surface area contributed by atoms with E-state index >= 15 is 0 Å². The predicted molar refractivity (Wildman–Crippen MR) is 110 cm³/mol. The summed E-state index contributed by atoms with van der Waals surface area (Å²) in [6.45, 7) is 1.67. The number of fused-ring (bicyclic) bond motifs is 1. The molecule has 0 bridgehead atoms. The van der Waals surface area contributed by atoms with Gasteiger partial charge in [-0.05, 0) is 49.4 Å². The summed E-state index contributed by atoms with van der Waals surface area (Å²) < 4.78 is 10.2. The van der Waals surface area contributed by atoms with E-state index in [9.17, 15) is 19.2 Å². The summed E-state index contributed by atoms with van der Waals surface area (Å²) in [5.41, 5.74) is 1.82. The summed E-state index contributed by atoms with van der Waals surface area (Å²) in [5, 5.41) is 2.68. The summed E-state index contributed by atoms with van der Waals surface area (Å²) in [6, 6.07) is 11.1. The van der Waals surface area contributed by atoms with Crippen LogP contribution in [0.5, 0.6) is 5.75 Å². The van der Waals surface area contributed by atoms with Gasteiger partial charge in [0.15, 0.2) is 11.9 Å². The number of hydrogen-bond donors (Lipinski definition) is 1. The Morgan fingerprint density at radius 2 is 1.73 bits per heavy atom. The standard InChI is InChI=1S/C22H22N2O6/c1-13-21(27)24(2)17-12-15(6-10-19(17)30-13)18(25)9-11-20(26)23-16-7-4-14(5-8-16)22(28)29-3/h4-8,10,12-13H,9,11H2,1-3H3,(H,23,26). The van der Waals surface area contributed by atoms with E-state index in [0.717, 1.165) is 0 Å². The van der Waals surface area contributed by atoms with Gasteiger partial charge >= 0.3 is 5.97 Å². The van der Waals surface area contributed by atoms with Gasteiger partial charge < -0.3 is 19.7 Å². The van der Waals surface area contributed by atoms with E-state index in [2.05, 4.69) is 10.1 Å². The van der Waals surface area contributed by atoms with Crippen molar-refractivity contribution >= 4 is 34.9 Å². The molecule has 1 aliphatic heterocycles. The number of rotatable bonds is 6. The summed E-state index contributed by atoms with van der Waals surface area (Å²) in [7, 11) is 2.92. The number of nitrogens with one attached hydrogen (secondary N) is 1. The van der Waals surface area contributed by atoms with Crippen LogP contribution in [-0.4, -0.2) is 43.8 Å². The van der Waals surface area contributed by atoms with E-state index in [4.69, 9.17) is 4.74 Å². The summed E-state index contributed by atoms with van der Waals surface area (Å²) >= 11 is 0. The molecular weight excluding hydrogens is 388 g/mol. The monoisotopic (exact) mass is 410 g/mol. The molecule has 0 saturated heterocycles. The van der Waals surface area contributed by atoms with Crippen LogP contribution in [0.15, 0.2) is 42.5 Å². The van der Waals surface area contributed by atoms with E-state index in [1.807, 2.05) is 0 Å². The molecule has 0 fully saturated rings. The van der Waals surface area contributed by atoms with Gasteiger partial charge in [-0.2, -0.15) is 0 Å². The number of hydrogen-bond acceptors (Lipinski definition) is 6. The van der Waals surface area contributed by atoms with Gasteiger partial charge in [0.2, 0.25) is 5.91 Å². The van der Waals surface area contributed by atoms with E-state index in [1.54, 1.807) is 56.4 Å². The van der Waals surface area contributed by atoms with Crippen molar-refractivity contribution in [2.45, 2.75) is 25.9 Å². The maximum atomic E-state index is 12.5. The molecule has 8 nitrogen and oxygen atoms in total. The van der Waals surface area contributed by atoms with Gasteiger partial charge in [-0.3, -0.25) is 14.4 Å². The molecule has 1 aliphatic rings. The van der Waals surface area contributed by atoms with Crippen molar-refractivity contribution in [3.8, 4) is 5.75 Å². The summed E-state index contributed by atoms with van der Waals surface area (Å²) in [6.07, 6.45) is -0.564. The minimum Gasteiger partial charge on any atom is -0.479 e. The Balaban J connectivity index is 1.58. The average molecular weight is 410 g/mol. The van der Waals surface area contributed by atoms with E-state index < -0.39 is 12.1 Å². The van der Waals surface area contributed by atoms with Crippen LogP contribution in [0.3, 0.4) is 0 Å². The molecule has 0 aromatic heterocycles. The minimum absolute atomic E-state index is 0.00300. The lowest BCUT2D eigenvalue weighted by molar-refractivity contribution is -0.125. The van der Waals surface area contributed by atoms with Gasteiger partial charge in [0.25, 0.3) is 5.91 Å². The van der Waals surface area contributed by atoms with Crippen LogP contribution in [-0.2, 0) is 14.3 Å². The van der Waals surface area contributed by atoms with Gasteiger partial charge in [0.05, 0.1) is 18.4 Å². The molecule has 156 valence electrons. The highest BCUT2D eigenvalue weighted by atomic mass is 16.5. The highest BCUT2D eigenvalue weighted by Crippen LogP contribution is 2.34. The van der Waals surface area contributed by atoms with Crippen molar-refractivity contribution in [1.29, 1.82) is 0 Å². The van der Waals surface area contributed by atoms with Crippen LogP contribution in [0.25, 0.3) is 0 Å². The Kier molecular flexibility index (Phi) is 6.15. The predicted octanol–water partition coefficient (Wildman–Crippen LogP) is 2.82. The quantitative estimate of drug-likeness (QED) is 0.580. The van der Waals surface area contributed by atoms with Crippen LogP contribution in [0, 0.1) is 0 Å². The third kappa shape index (κ3) is 4.48. The molecule has 0 spiro atoms. The highest BCUT2D eigenvalue weighted by molar-refractivity contribution is 6.04. The Bertz CT molecular complexity index is 999. The number of methoxy groups -OCH3 is 1. The number of carbonyl (C=O) groups excluding carboxylic acids is 4. The normalized spacial score (nSPS) is 15.1. The third-order valence-corrected chi connectivity index (χ3v) is 4.79. The number of likely N-dealkylation sites (N-methyl/N-ethyl adjacent to an activating group) is 1. The van der Waals surface area contributed by atoms with Crippen LogP contribution in [0.4, 0.5) is 11.4 Å². The first kappa shape index (κ1) is 21.0. The van der Waals surface area contributed by atoms with Crippen molar-refractivity contribution in [3.05, 3.63) is 53.6 Å². The van der Waals surface area contributed by atoms with Crippen molar-refractivity contribution in [2.75, 3.05) is 24.4 Å². The zero-order chi connectivity index (χ0) is 21.8. The molecule has 0 saturated carbocycles. The first-order chi connectivity index (χ1) is 14.3. The fourth-order valence-corrected chi connectivity index (χ4v) is 3.09. The molecule has 2 aromatic carbocycles. The number of Topliss-reactive ketones (excluding diaryl/α,β-unsaturated/α-hetero) is 1. The third-order valence-electron chi connectivity index (χ3n) is 4.79. The van der Waals surface area contributed by atoms with Crippen LogP contribution >= 0.6 is 0 Å². The highest BCUT2D eigenvalue weighted by Gasteiger charge is 2.29. The topological polar surface area (TPSA) is 102 Å². The maximum Gasteiger partial charge on any atom is 0.337 e. The lowest BCUT2D eigenvalue weighted by Gasteiger charge is -2.30. The van der Waals surface area contributed by atoms with E-state index in [-0.39, 0.29) is 30.4 Å². The number of carbonyl (C=O) groups is 4. The SMILES string of the molecule is COC(=O)c1ccc(NC(=O)CCC(=O)c2ccc3c(c2)N(C)C(=O)C(C)O3)cc1. The fourth-order valence-electron chi connectivity index (χ4n) is 3.09. The number of nitrogens with zero attached hydrogens (tertiary/aromatic N) is 1. The van der Waals surface area contributed by atoms with E-state index in [1.165, 1.54) is 12.0 Å². The lowest BCUT2D eigenvalue weighted by Crippen LogP contribution is -2.42. The molecule has 2 amide bonds. The van der Waals surface area contributed by atoms with Crippen LogP contribution in [0.2, 0.25) is 0 Å². The molecule has 8 heteroatoms. The molecule has 1 atom stereocenters. The Hall–Kier alpha value is -3.68. The van der Waals surface area contributed by atoms with Gasteiger partial charge in [-0.25, -0.2) is 4.79 Å². The smallest absolute Gasteiger partial charge is 0.337 e. The maximum absolute atomic E-state index is 12.5. The van der Waals surface area contributed by atoms with Crippen molar-refractivity contribution in [3.63, 3.8) is 0 Å². The summed E-state index contributed by atoms with van der Waals surface area (Å²) in [4.78, 5) is 49.6. The Labute approximate surface area is 173 Å². The Morgan fingerprint density at radius 3 is 2.40 bits per heavy atom. The first-order valence-electron chi connectivity index (χ1n) is 9.40. The number of amides is 2. The number of benzene rings is 2. The van der Waals surface area contributed by atoms with Gasteiger partial charge in [0, 0.05) is 31.1 Å². The molecule has 1 unspecified atom stereocenters. The number of anilines is 2. The molecule has 2 aromatic rings. The second-order valence-corrected chi connectivity index (χ2v) is 6.88. The fraction of sp³-hybridized carbons (Fsp3) is 0.273. The second-order valence-electron chi connectivity index (χ2n) is 6.88. The lowest BCUT2D eigenvalue weighted by atomic mass is 10.0. The second kappa shape index (κ2) is 8.77. The van der Waals surface area contributed by atoms with Gasteiger partial charge in [0.1, 0.15) is 5.75 Å². The largest absolute Gasteiger partial charge is 0.479 e. The molecule has 30 heavy (non-hydrogen) atoms. The van der Waals surface area contributed by atoms with Crippen molar-refractivity contribution in [1.82, 2.24) is 0 Å². The van der Waals surface area contributed by atoms with Crippen molar-refractivity contribution < 1.29 is 28.7 Å². The van der Waals surface area contributed by atoms with Crippen LogP contribution < -0.4 is 15.0 Å². The summed E-state index contributed by atoms with van der Waals surface area (Å²) in [5.74, 6) is -0.653. The van der Waals surface area contributed by atoms with E-state index in [0.29, 0.717) is 28.3 Å². The zero-order valence-corrected chi connectivity index (χ0v) is 16.9.